The smallest absolute Gasteiger partial charge is 0.165 e. The lowest BCUT2D eigenvalue weighted by Gasteiger charge is -2.15. The molecule has 0 spiro atoms. The Morgan fingerprint density at radius 1 is 1.00 bits per heavy atom. The van der Waals surface area contributed by atoms with Crippen molar-refractivity contribution in [2.75, 3.05) is 0 Å². The summed E-state index contributed by atoms with van der Waals surface area (Å²) in [7, 11) is 0. The number of ketones is 1. The third kappa shape index (κ3) is 5.82. The van der Waals surface area contributed by atoms with Crippen LogP contribution in [0.15, 0.2) is 29.2 Å². The summed E-state index contributed by atoms with van der Waals surface area (Å²) in [6.07, 6.45) is 7.98. The van der Waals surface area contributed by atoms with Gasteiger partial charge in [0.1, 0.15) is 0 Å². The third-order valence-corrected chi connectivity index (χ3v) is 3.88. The number of unbranched alkanes of at least 4 members (excludes halogenated alkanes) is 3. The second kappa shape index (κ2) is 9.19. The number of Topliss-reactive ketones (excluding diaryl/α,β-unsaturated/α-hetero) is 1. The second-order valence-corrected chi connectivity index (χ2v) is 5.76. The van der Waals surface area contributed by atoms with Crippen LogP contribution in [0.1, 0.15) is 69.2 Å². The van der Waals surface area contributed by atoms with Crippen LogP contribution in [-0.4, -0.2) is 5.78 Å². The van der Waals surface area contributed by atoms with Crippen molar-refractivity contribution >= 4 is 18.4 Å². The maximum absolute atomic E-state index is 12.5. The highest BCUT2D eigenvalue weighted by Crippen LogP contribution is 2.22. The van der Waals surface area contributed by atoms with Gasteiger partial charge in [0.25, 0.3) is 0 Å². The van der Waals surface area contributed by atoms with Crippen molar-refractivity contribution in [3.05, 3.63) is 29.8 Å². The van der Waals surface area contributed by atoms with Crippen molar-refractivity contribution in [1.82, 2.24) is 0 Å². The van der Waals surface area contributed by atoms with Gasteiger partial charge in [-0.15, -0.1) is 12.6 Å². The van der Waals surface area contributed by atoms with Gasteiger partial charge in [-0.2, -0.15) is 0 Å². The average Bonchev–Trinajstić information content (AvgIpc) is 2.43. The molecule has 0 saturated heterocycles. The molecule has 1 aromatic carbocycles. The van der Waals surface area contributed by atoms with Crippen LogP contribution in [0.2, 0.25) is 0 Å². The van der Waals surface area contributed by atoms with E-state index in [2.05, 4.69) is 26.5 Å². The SMILES string of the molecule is CCCCCC(CCCC)C(=O)c1ccc(S)cc1. The maximum atomic E-state index is 12.5. The van der Waals surface area contributed by atoms with Gasteiger partial charge < -0.3 is 0 Å². The summed E-state index contributed by atoms with van der Waals surface area (Å²) in [6.45, 7) is 4.39. The van der Waals surface area contributed by atoms with Crippen molar-refractivity contribution in [3.8, 4) is 0 Å². The molecule has 0 aliphatic rings. The van der Waals surface area contributed by atoms with E-state index in [9.17, 15) is 4.79 Å². The van der Waals surface area contributed by atoms with Crippen LogP contribution in [0.4, 0.5) is 0 Å². The predicted octanol–water partition coefficient (Wildman–Crippen LogP) is 5.54. The first-order valence-corrected chi connectivity index (χ1v) is 7.97. The zero-order valence-electron chi connectivity index (χ0n) is 12.2. The summed E-state index contributed by atoms with van der Waals surface area (Å²) in [4.78, 5) is 13.4. The molecule has 0 aromatic heterocycles. The Kier molecular flexibility index (Phi) is 7.88. The first-order chi connectivity index (χ1) is 9.19. The molecule has 1 rings (SSSR count). The number of thiol groups is 1. The van der Waals surface area contributed by atoms with Crippen molar-refractivity contribution in [2.45, 2.75) is 63.7 Å². The zero-order valence-corrected chi connectivity index (χ0v) is 13.1. The molecule has 1 nitrogen and oxygen atoms in total. The maximum Gasteiger partial charge on any atom is 0.165 e. The molecular weight excluding hydrogens is 252 g/mol. The molecule has 19 heavy (non-hydrogen) atoms. The summed E-state index contributed by atoms with van der Waals surface area (Å²) in [5, 5.41) is 0. The first-order valence-electron chi connectivity index (χ1n) is 7.52. The van der Waals surface area contributed by atoms with Crippen molar-refractivity contribution in [2.24, 2.45) is 5.92 Å². The summed E-state index contributed by atoms with van der Waals surface area (Å²) < 4.78 is 0. The van der Waals surface area contributed by atoms with Gasteiger partial charge in [0.15, 0.2) is 5.78 Å². The highest BCUT2D eigenvalue weighted by molar-refractivity contribution is 7.80. The van der Waals surface area contributed by atoms with Gasteiger partial charge in [0.2, 0.25) is 0 Å². The van der Waals surface area contributed by atoms with Gasteiger partial charge in [0, 0.05) is 16.4 Å². The largest absolute Gasteiger partial charge is 0.294 e. The lowest BCUT2D eigenvalue weighted by molar-refractivity contribution is 0.0902. The van der Waals surface area contributed by atoms with E-state index >= 15 is 0 Å². The Balaban J connectivity index is 2.66. The summed E-state index contributed by atoms with van der Waals surface area (Å²) >= 11 is 4.27. The molecule has 0 bridgehead atoms. The highest BCUT2D eigenvalue weighted by Gasteiger charge is 2.18. The van der Waals surface area contributed by atoms with Gasteiger partial charge in [0.05, 0.1) is 0 Å². The lowest BCUT2D eigenvalue weighted by atomic mass is 9.88. The second-order valence-electron chi connectivity index (χ2n) is 5.25. The summed E-state index contributed by atoms with van der Waals surface area (Å²) in [5.74, 6) is 0.523. The van der Waals surface area contributed by atoms with E-state index in [0.717, 1.165) is 36.1 Å². The van der Waals surface area contributed by atoms with Crippen LogP contribution in [0.5, 0.6) is 0 Å². The monoisotopic (exact) mass is 278 g/mol. The molecule has 0 aliphatic carbocycles. The fourth-order valence-electron chi connectivity index (χ4n) is 2.36. The Labute approximate surface area is 123 Å². The van der Waals surface area contributed by atoms with Crippen LogP contribution < -0.4 is 0 Å². The predicted molar refractivity (Wildman–Crippen MR) is 85.2 cm³/mol. The number of carbonyl (C=O) groups is 1. The number of hydrogen-bond acceptors (Lipinski definition) is 2. The summed E-state index contributed by atoms with van der Waals surface area (Å²) in [5.41, 5.74) is 0.843. The quantitative estimate of drug-likeness (QED) is 0.356. The van der Waals surface area contributed by atoms with E-state index in [0.29, 0.717) is 5.78 Å². The van der Waals surface area contributed by atoms with Crippen LogP contribution in [0.3, 0.4) is 0 Å². The van der Waals surface area contributed by atoms with E-state index < -0.39 is 0 Å². The lowest BCUT2D eigenvalue weighted by Crippen LogP contribution is -2.15. The minimum atomic E-state index is 0.206. The van der Waals surface area contributed by atoms with Gasteiger partial charge >= 0.3 is 0 Å². The van der Waals surface area contributed by atoms with Crippen LogP contribution >= 0.6 is 12.6 Å². The number of rotatable bonds is 9. The van der Waals surface area contributed by atoms with Crippen LogP contribution in [0.25, 0.3) is 0 Å². The Morgan fingerprint density at radius 3 is 2.16 bits per heavy atom. The molecule has 0 fully saturated rings. The molecular formula is C17H26OS. The van der Waals surface area contributed by atoms with Gasteiger partial charge in [-0.25, -0.2) is 0 Å². The van der Waals surface area contributed by atoms with Gasteiger partial charge in [-0.05, 0) is 25.0 Å². The van der Waals surface area contributed by atoms with E-state index in [-0.39, 0.29) is 5.92 Å². The molecule has 0 radical (unpaired) electrons. The van der Waals surface area contributed by atoms with E-state index in [1.807, 2.05) is 24.3 Å². The number of benzene rings is 1. The molecule has 0 N–H and O–H groups in total. The van der Waals surface area contributed by atoms with Crippen molar-refractivity contribution in [3.63, 3.8) is 0 Å². The number of carbonyl (C=O) groups excluding carboxylic acids is 1. The molecule has 0 heterocycles. The normalized spacial score (nSPS) is 12.4. The van der Waals surface area contributed by atoms with E-state index in [1.165, 1.54) is 19.3 Å². The van der Waals surface area contributed by atoms with Crippen LogP contribution in [0, 0.1) is 5.92 Å². The molecule has 1 atom stereocenters. The van der Waals surface area contributed by atoms with Gasteiger partial charge in [-0.1, -0.05) is 58.1 Å². The minimum absolute atomic E-state index is 0.206. The molecule has 1 aromatic rings. The van der Waals surface area contributed by atoms with Gasteiger partial charge in [-0.3, -0.25) is 4.79 Å². The van der Waals surface area contributed by atoms with E-state index in [1.54, 1.807) is 0 Å². The molecule has 0 amide bonds. The topological polar surface area (TPSA) is 17.1 Å². The third-order valence-electron chi connectivity index (χ3n) is 3.58. The van der Waals surface area contributed by atoms with Crippen molar-refractivity contribution < 1.29 is 4.79 Å². The first kappa shape index (κ1) is 16.3. The Morgan fingerprint density at radius 2 is 1.58 bits per heavy atom. The molecule has 0 aliphatic heterocycles. The average molecular weight is 278 g/mol. The Bertz CT molecular complexity index is 369. The minimum Gasteiger partial charge on any atom is -0.294 e. The number of hydrogen-bond donors (Lipinski definition) is 1. The van der Waals surface area contributed by atoms with Crippen LogP contribution in [-0.2, 0) is 0 Å². The zero-order chi connectivity index (χ0) is 14.1. The molecule has 2 heteroatoms. The van der Waals surface area contributed by atoms with E-state index in [4.69, 9.17) is 0 Å². The summed E-state index contributed by atoms with van der Waals surface area (Å²) in [6, 6.07) is 7.62. The highest BCUT2D eigenvalue weighted by atomic mass is 32.1. The molecule has 106 valence electrons. The van der Waals surface area contributed by atoms with Crippen molar-refractivity contribution in [1.29, 1.82) is 0 Å². The molecule has 1 unspecified atom stereocenters. The Hall–Kier alpha value is -0.760. The fourth-order valence-corrected chi connectivity index (χ4v) is 2.51. The fraction of sp³-hybridized carbons (Fsp3) is 0.588. The molecule has 0 saturated carbocycles. The standard InChI is InChI=1S/C17H26OS/c1-3-5-7-9-14(8-6-4-2)17(18)15-10-12-16(19)13-11-15/h10-14,19H,3-9H2,1-2H3.